The summed E-state index contributed by atoms with van der Waals surface area (Å²) in [7, 11) is 1.76. The molecule has 2 bridgehead atoms. The maximum absolute atomic E-state index is 13.1. The van der Waals surface area contributed by atoms with Crippen LogP contribution in [0.2, 0.25) is 0 Å². The topological polar surface area (TPSA) is 75.9 Å². The Labute approximate surface area is 144 Å². The first-order valence-corrected chi connectivity index (χ1v) is 9.08. The van der Waals surface area contributed by atoms with Gasteiger partial charge in [0.2, 0.25) is 5.91 Å². The molecule has 0 aromatic carbocycles. The highest BCUT2D eigenvalue weighted by atomic mass is 16.6. The van der Waals surface area contributed by atoms with Gasteiger partial charge in [-0.05, 0) is 59.3 Å². The molecule has 0 radical (unpaired) electrons. The largest absolute Gasteiger partial charge is 0.444 e. The molecule has 1 saturated heterocycles. The Kier molecular flexibility index (Phi) is 4.10. The number of rotatable bonds is 2. The number of amides is 2. The van der Waals surface area contributed by atoms with E-state index < -0.39 is 5.60 Å². The number of ether oxygens (including phenoxy) is 1. The summed E-state index contributed by atoms with van der Waals surface area (Å²) in [5.41, 5.74) is 5.52. The molecule has 0 aromatic heterocycles. The summed E-state index contributed by atoms with van der Waals surface area (Å²) < 4.78 is 5.44. The monoisotopic (exact) mass is 337 g/mol. The van der Waals surface area contributed by atoms with E-state index in [1.165, 1.54) is 0 Å². The SMILES string of the molecule is CN(C(=O)OC(C)(C)C)C1CCN(C(=O)C23CCC(N)(CC2)C3)C1. The zero-order valence-electron chi connectivity index (χ0n) is 15.4. The van der Waals surface area contributed by atoms with Gasteiger partial charge in [-0.1, -0.05) is 0 Å². The number of hydrogen-bond donors (Lipinski definition) is 1. The zero-order valence-corrected chi connectivity index (χ0v) is 15.4. The lowest BCUT2D eigenvalue weighted by molar-refractivity contribution is -0.140. The van der Waals surface area contributed by atoms with Crippen LogP contribution in [0.5, 0.6) is 0 Å². The van der Waals surface area contributed by atoms with E-state index in [1.54, 1.807) is 11.9 Å². The van der Waals surface area contributed by atoms with Crippen LogP contribution in [0.15, 0.2) is 0 Å². The molecule has 1 atom stereocenters. The molecule has 0 aromatic rings. The number of hydrogen-bond acceptors (Lipinski definition) is 4. The fourth-order valence-electron chi connectivity index (χ4n) is 4.60. The normalized spacial score (nSPS) is 35.4. The fraction of sp³-hybridized carbons (Fsp3) is 0.889. The molecule has 3 fully saturated rings. The summed E-state index contributed by atoms with van der Waals surface area (Å²) in [5, 5.41) is 0. The van der Waals surface area contributed by atoms with Crippen LogP contribution in [-0.4, -0.2) is 59.1 Å². The highest BCUT2D eigenvalue weighted by Crippen LogP contribution is 2.56. The second-order valence-corrected chi connectivity index (χ2v) is 9.10. The number of nitrogens with two attached hydrogens (primary N) is 1. The van der Waals surface area contributed by atoms with Gasteiger partial charge in [-0.15, -0.1) is 0 Å². The molecule has 1 unspecified atom stereocenters. The second-order valence-electron chi connectivity index (χ2n) is 9.10. The Bertz CT molecular complexity index is 532. The van der Waals surface area contributed by atoms with Gasteiger partial charge in [-0.2, -0.15) is 0 Å². The van der Waals surface area contributed by atoms with Crippen LogP contribution in [-0.2, 0) is 9.53 Å². The number of likely N-dealkylation sites (N-methyl/N-ethyl adjacent to an activating group) is 1. The number of nitrogens with zero attached hydrogens (tertiary/aromatic N) is 2. The highest BCUT2D eigenvalue weighted by molar-refractivity contribution is 5.84. The smallest absolute Gasteiger partial charge is 0.410 e. The lowest BCUT2D eigenvalue weighted by Gasteiger charge is -2.32. The molecule has 2 saturated carbocycles. The van der Waals surface area contributed by atoms with Crippen molar-refractivity contribution in [2.45, 2.75) is 76.5 Å². The van der Waals surface area contributed by atoms with Crippen LogP contribution >= 0.6 is 0 Å². The quantitative estimate of drug-likeness (QED) is 0.837. The number of likely N-dealkylation sites (tertiary alicyclic amines) is 1. The van der Waals surface area contributed by atoms with E-state index in [9.17, 15) is 9.59 Å². The van der Waals surface area contributed by atoms with E-state index in [0.717, 1.165) is 45.1 Å². The van der Waals surface area contributed by atoms with Gasteiger partial charge in [0.1, 0.15) is 5.60 Å². The molecule has 1 aliphatic heterocycles. The van der Waals surface area contributed by atoms with E-state index in [4.69, 9.17) is 10.5 Å². The third-order valence-electron chi connectivity index (χ3n) is 6.03. The van der Waals surface area contributed by atoms with E-state index in [1.807, 2.05) is 25.7 Å². The molecule has 3 aliphatic rings. The van der Waals surface area contributed by atoms with Gasteiger partial charge in [0.25, 0.3) is 0 Å². The van der Waals surface area contributed by atoms with Gasteiger partial charge in [0, 0.05) is 25.7 Å². The number of fused-ring (bicyclic) bond motifs is 2. The van der Waals surface area contributed by atoms with Crippen molar-refractivity contribution in [1.82, 2.24) is 9.80 Å². The first-order chi connectivity index (χ1) is 11.0. The molecule has 6 nitrogen and oxygen atoms in total. The third kappa shape index (κ3) is 3.13. The maximum atomic E-state index is 13.1. The molecule has 2 aliphatic carbocycles. The van der Waals surface area contributed by atoms with Gasteiger partial charge in [0.05, 0.1) is 11.5 Å². The predicted octanol–water partition coefficient (Wildman–Crippen LogP) is 2.12. The Hall–Kier alpha value is -1.30. The Morgan fingerprint density at radius 1 is 1.21 bits per heavy atom. The van der Waals surface area contributed by atoms with Crippen molar-refractivity contribution in [1.29, 1.82) is 0 Å². The Morgan fingerprint density at radius 2 is 1.83 bits per heavy atom. The summed E-state index contributed by atoms with van der Waals surface area (Å²) >= 11 is 0. The van der Waals surface area contributed by atoms with Crippen LogP contribution in [0.1, 0.15) is 59.3 Å². The van der Waals surface area contributed by atoms with Crippen LogP contribution in [0.4, 0.5) is 4.79 Å². The lowest BCUT2D eigenvalue weighted by Crippen LogP contribution is -2.45. The molecule has 6 heteroatoms. The summed E-state index contributed by atoms with van der Waals surface area (Å²) in [5.74, 6) is 0.257. The second kappa shape index (κ2) is 5.61. The zero-order chi connectivity index (χ0) is 17.8. The predicted molar refractivity (Wildman–Crippen MR) is 91.4 cm³/mol. The lowest BCUT2D eigenvalue weighted by atomic mass is 9.82. The molecule has 2 amide bonds. The summed E-state index contributed by atoms with van der Waals surface area (Å²) in [4.78, 5) is 28.9. The Balaban J connectivity index is 1.59. The van der Waals surface area contributed by atoms with Crippen LogP contribution in [0, 0.1) is 5.41 Å². The summed E-state index contributed by atoms with van der Waals surface area (Å²) in [6.07, 6.45) is 5.11. The molecule has 3 rings (SSSR count). The van der Waals surface area contributed by atoms with E-state index in [2.05, 4.69) is 0 Å². The molecule has 2 N–H and O–H groups in total. The molecule has 0 spiro atoms. The van der Waals surface area contributed by atoms with Crippen molar-refractivity contribution in [3.8, 4) is 0 Å². The van der Waals surface area contributed by atoms with Gasteiger partial charge >= 0.3 is 6.09 Å². The molecule has 24 heavy (non-hydrogen) atoms. The highest BCUT2D eigenvalue weighted by Gasteiger charge is 2.57. The van der Waals surface area contributed by atoms with Crippen molar-refractivity contribution in [3.63, 3.8) is 0 Å². The van der Waals surface area contributed by atoms with Crippen molar-refractivity contribution in [2.24, 2.45) is 11.1 Å². The van der Waals surface area contributed by atoms with Crippen LogP contribution in [0.25, 0.3) is 0 Å². The standard InChI is InChI=1S/C18H31N3O3/c1-16(2,3)24-15(23)20(4)13-5-10-21(11-13)14(22)17-6-8-18(19,12-17)9-7-17/h13H,5-12,19H2,1-4H3. The molecule has 136 valence electrons. The van der Waals surface area contributed by atoms with E-state index in [-0.39, 0.29) is 29.0 Å². The molecule has 1 heterocycles. The minimum atomic E-state index is -0.503. The van der Waals surface area contributed by atoms with E-state index in [0.29, 0.717) is 6.54 Å². The molecular weight excluding hydrogens is 306 g/mol. The van der Waals surface area contributed by atoms with Gasteiger partial charge in [-0.3, -0.25) is 4.79 Å². The Morgan fingerprint density at radius 3 is 2.33 bits per heavy atom. The van der Waals surface area contributed by atoms with Crippen LogP contribution in [0.3, 0.4) is 0 Å². The summed E-state index contributed by atoms with van der Waals surface area (Å²) in [6.45, 7) is 6.91. The van der Waals surface area contributed by atoms with Crippen molar-refractivity contribution < 1.29 is 14.3 Å². The van der Waals surface area contributed by atoms with Crippen molar-refractivity contribution in [2.75, 3.05) is 20.1 Å². The number of carbonyl (C=O) groups is 2. The fourth-order valence-corrected chi connectivity index (χ4v) is 4.60. The van der Waals surface area contributed by atoms with E-state index >= 15 is 0 Å². The summed E-state index contributed by atoms with van der Waals surface area (Å²) in [6, 6.07) is 0.0330. The first-order valence-electron chi connectivity index (χ1n) is 9.08. The first kappa shape index (κ1) is 17.5. The number of carbonyl (C=O) groups excluding carboxylic acids is 2. The van der Waals surface area contributed by atoms with Gasteiger partial charge in [0.15, 0.2) is 0 Å². The third-order valence-corrected chi connectivity index (χ3v) is 6.03. The van der Waals surface area contributed by atoms with Crippen molar-refractivity contribution >= 4 is 12.0 Å². The maximum Gasteiger partial charge on any atom is 0.410 e. The average molecular weight is 337 g/mol. The molecular formula is C18H31N3O3. The van der Waals surface area contributed by atoms with Crippen LogP contribution < -0.4 is 5.73 Å². The minimum absolute atomic E-state index is 0.0330. The van der Waals surface area contributed by atoms with Gasteiger partial charge in [-0.25, -0.2) is 4.79 Å². The van der Waals surface area contributed by atoms with Gasteiger partial charge < -0.3 is 20.3 Å². The average Bonchev–Trinajstić information content (AvgIpc) is 3.16. The minimum Gasteiger partial charge on any atom is -0.444 e. The van der Waals surface area contributed by atoms with Crippen molar-refractivity contribution in [3.05, 3.63) is 0 Å².